The fourth-order valence-corrected chi connectivity index (χ4v) is 5.36. The highest BCUT2D eigenvalue weighted by molar-refractivity contribution is 5.81. The molecule has 0 spiro atoms. The number of ether oxygens (including phenoxy) is 1. The van der Waals surface area contributed by atoms with Crippen LogP contribution in [0.1, 0.15) is 18.5 Å². The molecule has 2 aliphatic heterocycles. The van der Waals surface area contributed by atoms with E-state index in [0.29, 0.717) is 5.95 Å². The van der Waals surface area contributed by atoms with Crippen LogP contribution in [0.25, 0.3) is 22.5 Å². The summed E-state index contributed by atoms with van der Waals surface area (Å²) >= 11 is 0. The first-order valence-electron chi connectivity index (χ1n) is 13.5. The first kappa shape index (κ1) is 24.5. The summed E-state index contributed by atoms with van der Waals surface area (Å²) in [6.45, 7) is 6.89. The van der Waals surface area contributed by atoms with Gasteiger partial charge in [-0.2, -0.15) is 5.10 Å². The van der Waals surface area contributed by atoms with Gasteiger partial charge in [0, 0.05) is 93.2 Å². The molecule has 0 radical (unpaired) electrons. The lowest BCUT2D eigenvalue weighted by molar-refractivity contribution is 0.144. The Morgan fingerprint density at radius 3 is 2.61 bits per heavy atom. The molecular formula is C29H34N8O. The van der Waals surface area contributed by atoms with E-state index in [2.05, 4.69) is 60.1 Å². The monoisotopic (exact) mass is 510 g/mol. The van der Waals surface area contributed by atoms with Gasteiger partial charge in [0.15, 0.2) is 0 Å². The Bertz CT molecular complexity index is 1350. The summed E-state index contributed by atoms with van der Waals surface area (Å²) in [6, 6.07) is 14.5. The molecule has 0 aliphatic carbocycles. The molecule has 6 rings (SSSR count). The van der Waals surface area contributed by atoms with Crippen LogP contribution in [0, 0.1) is 0 Å². The molecule has 3 aromatic heterocycles. The van der Waals surface area contributed by atoms with Crippen LogP contribution < -0.4 is 10.2 Å². The van der Waals surface area contributed by atoms with Gasteiger partial charge in [-0.25, -0.2) is 9.97 Å². The van der Waals surface area contributed by atoms with Gasteiger partial charge in [0.1, 0.15) is 5.69 Å². The van der Waals surface area contributed by atoms with Crippen molar-refractivity contribution >= 4 is 17.3 Å². The van der Waals surface area contributed by atoms with E-state index < -0.39 is 0 Å². The number of benzene rings is 1. The lowest BCUT2D eigenvalue weighted by atomic mass is 10.00. The summed E-state index contributed by atoms with van der Waals surface area (Å²) in [5.41, 5.74) is 7.36. The van der Waals surface area contributed by atoms with Crippen molar-refractivity contribution in [1.29, 1.82) is 0 Å². The van der Waals surface area contributed by atoms with Crippen molar-refractivity contribution in [3.05, 3.63) is 66.7 Å². The Morgan fingerprint density at radius 2 is 1.82 bits per heavy atom. The maximum absolute atomic E-state index is 5.22. The fraction of sp³-hybridized carbons (Fsp3) is 0.379. The van der Waals surface area contributed by atoms with Crippen molar-refractivity contribution in [3.63, 3.8) is 0 Å². The molecule has 0 unspecified atom stereocenters. The summed E-state index contributed by atoms with van der Waals surface area (Å²) in [6.07, 6.45) is 8.80. The number of hydrogen-bond acceptors (Lipinski definition) is 8. The van der Waals surface area contributed by atoms with E-state index in [1.54, 1.807) is 13.3 Å². The molecule has 1 N–H and O–H groups in total. The minimum absolute atomic E-state index is 0.579. The Labute approximate surface area is 223 Å². The van der Waals surface area contributed by atoms with Crippen LogP contribution in [-0.4, -0.2) is 76.1 Å². The minimum Gasteiger partial charge on any atom is -0.383 e. The number of rotatable bonds is 8. The van der Waals surface area contributed by atoms with Crippen LogP contribution in [0.3, 0.4) is 0 Å². The molecule has 4 aromatic rings. The van der Waals surface area contributed by atoms with Gasteiger partial charge in [0.25, 0.3) is 0 Å². The second-order valence-corrected chi connectivity index (χ2v) is 9.85. The largest absolute Gasteiger partial charge is 0.383 e. The standard InChI is InChI=1S/C29H34N8O/c1-38-20-19-35-15-17-36(18-16-35)24-9-7-23(8-10-24)32-29-31-13-11-25(33-29)27-26-6-2-3-14-37(26)34-28(27)22-5-4-12-30-21-22/h4-5,7-13,21H,2-3,6,14-20H2,1H3,(H,31,32,33). The molecule has 0 amide bonds. The van der Waals surface area contributed by atoms with Crippen LogP contribution >= 0.6 is 0 Å². The quantitative estimate of drug-likeness (QED) is 0.377. The molecule has 196 valence electrons. The maximum Gasteiger partial charge on any atom is 0.227 e. The Hall–Kier alpha value is -3.82. The first-order valence-corrected chi connectivity index (χ1v) is 13.5. The van der Waals surface area contributed by atoms with Crippen LogP contribution in [0.4, 0.5) is 17.3 Å². The molecule has 0 saturated carbocycles. The predicted molar refractivity (Wildman–Crippen MR) is 150 cm³/mol. The van der Waals surface area contributed by atoms with Gasteiger partial charge in [-0.15, -0.1) is 0 Å². The van der Waals surface area contributed by atoms with Crippen LogP contribution in [-0.2, 0) is 17.7 Å². The molecule has 38 heavy (non-hydrogen) atoms. The normalized spacial score (nSPS) is 15.9. The number of aromatic nitrogens is 5. The maximum atomic E-state index is 5.22. The smallest absolute Gasteiger partial charge is 0.227 e. The molecule has 0 atom stereocenters. The van der Waals surface area contributed by atoms with Crippen molar-refractivity contribution in [2.75, 3.05) is 56.7 Å². The SMILES string of the molecule is COCCN1CCN(c2ccc(Nc3nccc(-c4c(-c5cccnc5)nn5c4CCCC5)n3)cc2)CC1. The minimum atomic E-state index is 0.579. The Kier molecular flexibility index (Phi) is 7.28. The van der Waals surface area contributed by atoms with Crippen molar-refractivity contribution in [2.24, 2.45) is 0 Å². The second kappa shape index (κ2) is 11.3. The van der Waals surface area contributed by atoms with E-state index in [0.717, 1.165) is 93.3 Å². The fourth-order valence-electron chi connectivity index (χ4n) is 5.36. The molecule has 5 heterocycles. The highest BCUT2D eigenvalue weighted by Gasteiger charge is 2.24. The van der Waals surface area contributed by atoms with E-state index in [1.165, 1.54) is 11.4 Å². The van der Waals surface area contributed by atoms with E-state index in [9.17, 15) is 0 Å². The first-order chi connectivity index (χ1) is 18.8. The van der Waals surface area contributed by atoms with Crippen molar-refractivity contribution < 1.29 is 4.74 Å². The summed E-state index contributed by atoms with van der Waals surface area (Å²) < 4.78 is 7.36. The second-order valence-electron chi connectivity index (χ2n) is 9.85. The number of aryl methyl sites for hydroxylation is 1. The highest BCUT2D eigenvalue weighted by Crippen LogP contribution is 2.36. The van der Waals surface area contributed by atoms with Crippen LogP contribution in [0.5, 0.6) is 0 Å². The molecule has 0 bridgehead atoms. The number of fused-ring (bicyclic) bond motifs is 1. The van der Waals surface area contributed by atoms with E-state index in [1.807, 2.05) is 24.5 Å². The number of nitrogens with zero attached hydrogens (tertiary/aromatic N) is 7. The molecule has 1 aromatic carbocycles. The molecule has 1 saturated heterocycles. The highest BCUT2D eigenvalue weighted by atomic mass is 16.5. The van der Waals surface area contributed by atoms with E-state index in [4.69, 9.17) is 14.8 Å². The third-order valence-electron chi connectivity index (χ3n) is 7.41. The van der Waals surface area contributed by atoms with Gasteiger partial charge >= 0.3 is 0 Å². The number of piperazine rings is 1. The molecule has 2 aliphatic rings. The van der Waals surface area contributed by atoms with Gasteiger partial charge in [-0.1, -0.05) is 0 Å². The van der Waals surface area contributed by atoms with Gasteiger partial charge in [-0.3, -0.25) is 14.6 Å². The van der Waals surface area contributed by atoms with Crippen LogP contribution in [0.15, 0.2) is 61.1 Å². The van der Waals surface area contributed by atoms with Gasteiger partial charge in [0.05, 0.1) is 12.3 Å². The summed E-state index contributed by atoms with van der Waals surface area (Å²) in [5, 5.41) is 8.37. The molecule has 9 nitrogen and oxygen atoms in total. The number of nitrogens with one attached hydrogen (secondary N) is 1. The zero-order valence-corrected chi connectivity index (χ0v) is 21.9. The number of anilines is 3. The topological polar surface area (TPSA) is 84.2 Å². The van der Waals surface area contributed by atoms with Crippen LogP contribution in [0.2, 0.25) is 0 Å². The molecular weight excluding hydrogens is 476 g/mol. The van der Waals surface area contributed by atoms with Gasteiger partial charge in [-0.05, 0) is 61.7 Å². The summed E-state index contributed by atoms with van der Waals surface area (Å²) in [4.78, 5) is 18.7. The van der Waals surface area contributed by atoms with Crippen molar-refractivity contribution in [1.82, 2.24) is 29.6 Å². The zero-order chi connectivity index (χ0) is 25.7. The summed E-state index contributed by atoms with van der Waals surface area (Å²) in [7, 11) is 1.76. The summed E-state index contributed by atoms with van der Waals surface area (Å²) in [5.74, 6) is 0.579. The lowest BCUT2D eigenvalue weighted by Gasteiger charge is -2.36. The third-order valence-corrected chi connectivity index (χ3v) is 7.41. The Balaban J connectivity index is 1.20. The van der Waals surface area contributed by atoms with Crippen molar-refractivity contribution in [3.8, 4) is 22.5 Å². The lowest BCUT2D eigenvalue weighted by Crippen LogP contribution is -2.47. The van der Waals surface area contributed by atoms with E-state index >= 15 is 0 Å². The average molecular weight is 511 g/mol. The third kappa shape index (κ3) is 5.25. The van der Waals surface area contributed by atoms with E-state index in [-0.39, 0.29) is 0 Å². The number of pyridine rings is 1. The number of hydrogen-bond donors (Lipinski definition) is 1. The molecule has 1 fully saturated rings. The van der Waals surface area contributed by atoms with Gasteiger partial charge < -0.3 is 15.0 Å². The number of methoxy groups -OCH3 is 1. The molecule has 9 heteroatoms. The van der Waals surface area contributed by atoms with Gasteiger partial charge in [0.2, 0.25) is 5.95 Å². The predicted octanol–water partition coefficient (Wildman–Crippen LogP) is 4.25. The average Bonchev–Trinajstić information content (AvgIpc) is 3.37. The van der Waals surface area contributed by atoms with Crippen molar-refractivity contribution in [2.45, 2.75) is 25.8 Å². The Morgan fingerprint density at radius 1 is 0.947 bits per heavy atom. The zero-order valence-electron chi connectivity index (χ0n) is 21.9.